The molecule has 3 rings (SSSR count). The lowest BCUT2D eigenvalue weighted by atomic mass is 10.1. The van der Waals surface area contributed by atoms with E-state index in [1.54, 1.807) is 12.1 Å². The van der Waals surface area contributed by atoms with E-state index >= 15 is 0 Å². The molecular formula is C17H13FOS. The number of benzene rings is 2. The van der Waals surface area contributed by atoms with Gasteiger partial charge in [0.05, 0.1) is 0 Å². The Kier molecular flexibility index (Phi) is 3.79. The number of rotatable bonds is 4. The molecule has 100 valence electrons. The quantitative estimate of drug-likeness (QED) is 0.645. The van der Waals surface area contributed by atoms with Crippen LogP contribution >= 0.6 is 11.3 Å². The molecule has 0 unspecified atom stereocenters. The highest BCUT2D eigenvalue weighted by molar-refractivity contribution is 7.13. The molecule has 20 heavy (non-hydrogen) atoms. The van der Waals surface area contributed by atoms with Gasteiger partial charge in [0.15, 0.2) is 0 Å². The Bertz CT molecular complexity index is 677. The van der Waals surface area contributed by atoms with Crippen molar-refractivity contribution in [3.05, 3.63) is 77.4 Å². The lowest BCUT2D eigenvalue weighted by molar-refractivity contribution is 0.304. The third-order valence-corrected chi connectivity index (χ3v) is 3.88. The predicted octanol–water partition coefficient (Wildman–Crippen LogP) is 5.13. The summed E-state index contributed by atoms with van der Waals surface area (Å²) >= 11 is 1.53. The van der Waals surface area contributed by atoms with Crippen LogP contribution in [0.1, 0.15) is 5.56 Å². The molecule has 0 N–H and O–H groups in total. The van der Waals surface area contributed by atoms with Crippen LogP contribution in [0.2, 0.25) is 0 Å². The first-order valence-electron chi connectivity index (χ1n) is 6.33. The van der Waals surface area contributed by atoms with Gasteiger partial charge in [-0.15, -0.1) is 11.3 Å². The van der Waals surface area contributed by atoms with Crippen LogP contribution in [0, 0.1) is 5.82 Å². The molecular weight excluding hydrogens is 271 g/mol. The van der Waals surface area contributed by atoms with E-state index in [4.69, 9.17) is 4.74 Å². The van der Waals surface area contributed by atoms with Gasteiger partial charge < -0.3 is 4.74 Å². The molecule has 0 saturated carbocycles. The average Bonchev–Trinajstić information content (AvgIpc) is 3.00. The van der Waals surface area contributed by atoms with Gasteiger partial charge in [-0.1, -0.05) is 36.4 Å². The van der Waals surface area contributed by atoms with E-state index in [1.165, 1.54) is 17.4 Å². The molecule has 2 aromatic carbocycles. The van der Waals surface area contributed by atoms with Crippen molar-refractivity contribution < 1.29 is 9.13 Å². The molecule has 3 aromatic rings. The van der Waals surface area contributed by atoms with E-state index in [2.05, 4.69) is 0 Å². The Balaban J connectivity index is 1.74. The van der Waals surface area contributed by atoms with Crippen molar-refractivity contribution in [3.63, 3.8) is 0 Å². The molecule has 0 amide bonds. The van der Waals surface area contributed by atoms with Gasteiger partial charge >= 0.3 is 0 Å². The summed E-state index contributed by atoms with van der Waals surface area (Å²) in [4.78, 5) is 0.928. The fraction of sp³-hybridized carbons (Fsp3) is 0.0588. The average molecular weight is 284 g/mol. The van der Waals surface area contributed by atoms with Crippen LogP contribution in [0.15, 0.2) is 66.0 Å². The van der Waals surface area contributed by atoms with E-state index in [0.29, 0.717) is 17.9 Å². The number of halogens is 1. The first-order chi connectivity index (χ1) is 9.83. The first-order valence-corrected chi connectivity index (χ1v) is 7.21. The second-order valence-corrected chi connectivity index (χ2v) is 5.34. The molecule has 0 saturated heterocycles. The Morgan fingerprint density at radius 3 is 2.50 bits per heavy atom. The van der Waals surface area contributed by atoms with Gasteiger partial charge in [0.1, 0.15) is 18.2 Å². The third kappa shape index (κ3) is 2.89. The first kappa shape index (κ1) is 12.9. The fourth-order valence-electron chi connectivity index (χ4n) is 1.96. The molecule has 0 spiro atoms. The van der Waals surface area contributed by atoms with Crippen LogP contribution in [0.5, 0.6) is 5.75 Å². The molecule has 0 fully saturated rings. The Labute approximate surface area is 121 Å². The summed E-state index contributed by atoms with van der Waals surface area (Å²) in [5, 5.41) is 1.94. The topological polar surface area (TPSA) is 9.23 Å². The summed E-state index contributed by atoms with van der Waals surface area (Å²) in [5.74, 6) is 0.296. The van der Waals surface area contributed by atoms with Crippen LogP contribution in [0.4, 0.5) is 4.39 Å². The summed E-state index contributed by atoms with van der Waals surface area (Å²) in [5.41, 5.74) is 1.68. The lowest BCUT2D eigenvalue weighted by Gasteiger charge is -2.08. The third-order valence-electron chi connectivity index (χ3n) is 2.98. The van der Waals surface area contributed by atoms with E-state index in [9.17, 15) is 4.39 Å². The molecule has 0 aliphatic heterocycles. The molecule has 0 aliphatic rings. The highest BCUT2D eigenvalue weighted by Gasteiger charge is 2.07. The van der Waals surface area contributed by atoms with Crippen molar-refractivity contribution >= 4 is 11.3 Å². The maximum Gasteiger partial charge on any atom is 0.135 e. The van der Waals surface area contributed by atoms with Gasteiger partial charge in [-0.2, -0.15) is 0 Å². The zero-order chi connectivity index (χ0) is 13.8. The second kappa shape index (κ2) is 5.88. The van der Waals surface area contributed by atoms with Crippen LogP contribution < -0.4 is 4.74 Å². The van der Waals surface area contributed by atoms with Gasteiger partial charge in [0, 0.05) is 16.5 Å². The molecule has 1 nitrogen and oxygen atoms in total. The summed E-state index contributed by atoms with van der Waals surface area (Å²) in [6, 6.07) is 18.7. The maximum atomic E-state index is 14.1. The van der Waals surface area contributed by atoms with Crippen molar-refractivity contribution in [1.29, 1.82) is 0 Å². The van der Waals surface area contributed by atoms with E-state index in [-0.39, 0.29) is 5.82 Å². The number of ether oxygens (including phenoxy) is 1. The van der Waals surface area contributed by atoms with Crippen molar-refractivity contribution in [3.8, 4) is 16.2 Å². The van der Waals surface area contributed by atoms with Gasteiger partial charge in [0.25, 0.3) is 0 Å². The SMILES string of the molecule is Fc1cc(OCc2ccccc2)ccc1-c1cccs1. The second-order valence-electron chi connectivity index (χ2n) is 4.39. The fourth-order valence-corrected chi connectivity index (χ4v) is 2.71. The highest BCUT2D eigenvalue weighted by Crippen LogP contribution is 2.29. The van der Waals surface area contributed by atoms with Gasteiger partial charge in [0.2, 0.25) is 0 Å². The number of hydrogen-bond donors (Lipinski definition) is 0. The summed E-state index contributed by atoms with van der Waals surface area (Å²) < 4.78 is 19.7. The maximum absolute atomic E-state index is 14.1. The lowest BCUT2D eigenvalue weighted by Crippen LogP contribution is -1.95. The van der Waals surface area contributed by atoms with Crippen LogP contribution in [0.3, 0.4) is 0 Å². The van der Waals surface area contributed by atoms with E-state index in [0.717, 1.165) is 10.4 Å². The van der Waals surface area contributed by atoms with Gasteiger partial charge in [-0.05, 0) is 29.1 Å². The highest BCUT2D eigenvalue weighted by atomic mass is 32.1. The summed E-state index contributed by atoms with van der Waals surface area (Å²) in [7, 11) is 0. The van der Waals surface area contributed by atoms with Crippen LogP contribution in [-0.4, -0.2) is 0 Å². The van der Waals surface area contributed by atoms with E-state index < -0.39 is 0 Å². The largest absolute Gasteiger partial charge is 0.489 e. The molecule has 3 heteroatoms. The molecule has 0 aliphatic carbocycles. The standard InChI is InChI=1S/C17H13FOS/c18-16-11-14(19-12-13-5-2-1-3-6-13)8-9-15(16)17-7-4-10-20-17/h1-11H,12H2. The Morgan fingerprint density at radius 1 is 0.950 bits per heavy atom. The van der Waals surface area contributed by atoms with Crippen LogP contribution in [0.25, 0.3) is 10.4 Å². The predicted molar refractivity (Wildman–Crippen MR) is 80.5 cm³/mol. The zero-order valence-electron chi connectivity index (χ0n) is 10.8. The molecule has 0 atom stereocenters. The molecule has 1 heterocycles. The van der Waals surface area contributed by atoms with E-state index in [1.807, 2.05) is 47.8 Å². The normalized spacial score (nSPS) is 10.4. The molecule has 0 radical (unpaired) electrons. The number of hydrogen-bond acceptors (Lipinski definition) is 2. The van der Waals surface area contributed by atoms with Crippen molar-refractivity contribution in [2.75, 3.05) is 0 Å². The van der Waals surface area contributed by atoms with Gasteiger partial charge in [-0.3, -0.25) is 0 Å². The van der Waals surface area contributed by atoms with Crippen molar-refractivity contribution in [2.24, 2.45) is 0 Å². The van der Waals surface area contributed by atoms with Gasteiger partial charge in [-0.25, -0.2) is 4.39 Å². The monoisotopic (exact) mass is 284 g/mol. The number of thiophene rings is 1. The minimum Gasteiger partial charge on any atom is -0.489 e. The summed E-state index contributed by atoms with van der Waals surface area (Å²) in [6.45, 7) is 0.443. The molecule has 0 bridgehead atoms. The zero-order valence-corrected chi connectivity index (χ0v) is 11.6. The van der Waals surface area contributed by atoms with Crippen molar-refractivity contribution in [1.82, 2.24) is 0 Å². The smallest absolute Gasteiger partial charge is 0.135 e. The Morgan fingerprint density at radius 2 is 1.80 bits per heavy atom. The minimum absolute atomic E-state index is 0.252. The minimum atomic E-state index is -0.252. The molecule has 1 aromatic heterocycles. The van der Waals surface area contributed by atoms with Crippen molar-refractivity contribution in [2.45, 2.75) is 6.61 Å². The summed E-state index contributed by atoms with van der Waals surface area (Å²) in [6.07, 6.45) is 0. The van der Waals surface area contributed by atoms with Crippen LogP contribution in [-0.2, 0) is 6.61 Å². The Hall–Kier alpha value is -2.13.